The van der Waals surface area contributed by atoms with E-state index in [0.717, 1.165) is 11.2 Å². The molecule has 3 rings (SSSR count). The third-order valence-electron chi connectivity index (χ3n) is 4.42. The van der Waals surface area contributed by atoms with Crippen LogP contribution in [0.3, 0.4) is 0 Å². The highest BCUT2D eigenvalue weighted by molar-refractivity contribution is 7.90. The first-order valence-electron chi connectivity index (χ1n) is 8.58. The molecule has 1 saturated heterocycles. The topological polar surface area (TPSA) is 104 Å². The van der Waals surface area contributed by atoms with E-state index >= 15 is 0 Å². The zero-order valence-electron chi connectivity index (χ0n) is 15.6. The quantitative estimate of drug-likeness (QED) is 0.747. The molecule has 1 N–H and O–H groups in total. The number of anilines is 2. The second-order valence-electron chi connectivity index (χ2n) is 6.57. The number of hydrogen-bond acceptors (Lipinski definition) is 5. The lowest BCUT2D eigenvalue weighted by atomic mass is 10.2. The molecule has 0 spiro atoms. The van der Waals surface area contributed by atoms with Crippen molar-refractivity contribution < 1.29 is 27.2 Å². The van der Waals surface area contributed by atoms with Crippen molar-refractivity contribution in [1.29, 1.82) is 0 Å². The lowest BCUT2D eigenvalue weighted by Crippen LogP contribution is -2.39. The SMILES string of the molecule is C[C@@H]1C(=O)N(CC(=O)Nc2ccc(S(C)(=O)=O)cc2)C(=O)N1c1ccc(F)cc1. The summed E-state index contributed by atoms with van der Waals surface area (Å²) < 4.78 is 36.1. The molecule has 0 bridgehead atoms. The van der Waals surface area contributed by atoms with Crippen LogP contribution in [0.25, 0.3) is 0 Å². The summed E-state index contributed by atoms with van der Waals surface area (Å²) in [5.74, 6) is -1.65. The van der Waals surface area contributed by atoms with Crippen LogP contribution in [0, 0.1) is 5.82 Å². The molecular weight excluding hydrogens is 401 g/mol. The normalized spacial score (nSPS) is 17.0. The van der Waals surface area contributed by atoms with E-state index < -0.39 is 46.1 Å². The van der Waals surface area contributed by atoms with Crippen molar-refractivity contribution in [3.63, 3.8) is 0 Å². The highest BCUT2D eigenvalue weighted by atomic mass is 32.2. The van der Waals surface area contributed by atoms with Crippen molar-refractivity contribution in [2.24, 2.45) is 0 Å². The molecule has 1 atom stereocenters. The van der Waals surface area contributed by atoms with E-state index in [2.05, 4.69) is 5.32 Å². The van der Waals surface area contributed by atoms with E-state index in [-0.39, 0.29) is 4.90 Å². The van der Waals surface area contributed by atoms with Gasteiger partial charge in [-0.2, -0.15) is 0 Å². The number of amides is 4. The Morgan fingerprint density at radius 2 is 1.66 bits per heavy atom. The Morgan fingerprint density at radius 3 is 2.21 bits per heavy atom. The molecule has 152 valence electrons. The van der Waals surface area contributed by atoms with Crippen molar-refractivity contribution in [3.05, 3.63) is 54.3 Å². The Kier molecular flexibility index (Phi) is 5.38. The second kappa shape index (κ2) is 7.63. The molecule has 0 saturated carbocycles. The summed E-state index contributed by atoms with van der Waals surface area (Å²) >= 11 is 0. The van der Waals surface area contributed by atoms with Crippen LogP contribution in [-0.4, -0.2) is 50.0 Å². The molecule has 8 nitrogen and oxygen atoms in total. The molecule has 1 aliphatic heterocycles. The number of hydrogen-bond donors (Lipinski definition) is 1. The van der Waals surface area contributed by atoms with Crippen LogP contribution in [-0.2, 0) is 19.4 Å². The predicted molar refractivity (Wildman–Crippen MR) is 104 cm³/mol. The van der Waals surface area contributed by atoms with Crippen LogP contribution in [0.15, 0.2) is 53.4 Å². The Morgan fingerprint density at radius 1 is 1.07 bits per heavy atom. The Balaban J connectivity index is 1.70. The van der Waals surface area contributed by atoms with Crippen LogP contribution in [0.2, 0.25) is 0 Å². The molecule has 1 aliphatic rings. The minimum atomic E-state index is -3.36. The molecule has 4 amide bonds. The van der Waals surface area contributed by atoms with Crippen LogP contribution < -0.4 is 10.2 Å². The summed E-state index contributed by atoms with van der Waals surface area (Å²) in [4.78, 5) is 39.5. The molecule has 1 fully saturated rings. The Labute approximate surface area is 166 Å². The molecule has 10 heteroatoms. The van der Waals surface area contributed by atoms with Gasteiger partial charge in [0.25, 0.3) is 5.91 Å². The van der Waals surface area contributed by atoms with Gasteiger partial charge in [0.05, 0.1) is 4.90 Å². The number of halogens is 1. The minimum Gasteiger partial charge on any atom is -0.325 e. The minimum absolute atomic E-state index is 0.101. The van der Waals surface area contributed by atoms with Crippen LogP contribution in [0.5, 0.6) is 0 Å². The number of carbonyl (C=O) groups is 3. The first kappa shape index (κ1) is 20.5. The molecule has 2 aromatic carbocycles. The van der Waals surface area contributed by atoms with E-state index in [1.54, 1.807) is 0 Å². The lowest BCUT2D eigenvalue weighted by Gasteiger charge is -2.19. The number of imide groups is 1. The maximum absolute atomic E-state index is 13.1. The van der Waals surface area contributed by atoms with Crippen molar-refractivity contribution in [2.45, 2.75) is 17.9 Å². The van der Waals surface area contributed by atoms with Gasteiger partial charge in [0.15, 0.2) is 9.84 Å². The van der Waals surface area contributed by atoms with E-state index in [9.17, 15) is 27.2 Å². The number of sulfone groups is 1. The lowest BCUT2D eigenvalue weighted by molar-refractivity contribution is -0.130. The smallest absolute Gasteiger partial charge is 0.325 e. The summed E-state index contributed by atoms with van der Waals surface area (Å²) in [6, 6.07) is 9.10. The van der Waals surface area contributed by atoms with Gasteiger partial charge in [0.1, 0.15) is 18.4 Å². The van der Waals surface area contributed by atoms with Gasteiger partial charge in [-0.3, -0.25) is 19.4 Å². The maximum atomic E-state index is 13.1. The fourth-order valence-electron chi connectivity index (χ4n) is 2.94. The average molecular weight is 419 g/mol. The standard InChI is InChI=1S/C19H18FN3O5S/c1-12-18(25)22(19(26)23(12)15-7-3-13(20)4-8-15)11-17(24)21-14-5-9-16(10-6-14)29(2,27)28/h3-10,12H,11H2,1-2H3,(H,21,24)/t12-/m1/s1. The molecule has 2 aromatic rings. The third-order valence-corrected chi connectivity index (χ3v) is 5.55. The second-order valence-corrected chi connectivity index (χ2v) is 8.59. The van der Waals surface area contributed by atoms with Crippen LogP contribution in [0.1, 0.15) is 6.92 Å². The van der Waals surface area contributed by atoms with Gasteiger partial charge in [0, 0.05) is 17.6 Å². The van der Waals surface area contributed by atoms with Gasteiger partial charge < -0.3 is 5.32 Å². The predicted octanol–water partition coefficient (Wildman–Crippen LogP) is 2.02. The molecule has 0 unspecified atom stereocenters. The number of urea groups is 1. The molecular formula is C19H18FN3O5S. The van der Waals surface area contributed by atoms with E-state index in [0.29, 0.717) is 11.4 Å². The zero-order valence-corrected chi connectivity index (χ0v) is 16.4. The van der Waals surface area contributed by atoms with Gasteiger partial charge in [-0.25, -0.2) is 17.6 Å². The first-order valence-corrected chi connectivity index (χ1v) is 10.5. The summed E-state index contributed by atoms with van der Waals surface area (Å²) in [6.45, 7) is 1.01. The monoisotopic (exact) mass is 419 g/mol. The highest BCUT2D eigenvalue weighted by Gasteiger charge is 2.44. The van der Waals surface area contributed by atoms with Gasteiger partial charge in [-0.05, 0) is 55.5 Å². The summed E-state index contributed by atoms with van der Waals surface area (Å²) in [5, 5.41) is 2.52. The van der Waals surface area contributed by atoms with Crippen molar-refractivity contribution >= 4 is 39.1 Å². The fourth-order valence-corrected chi connectivity index (χ4v) is 3.57. The largest absolute Gasteiger partial charge is 0.332 e. The number of benzene rings is 2. The summed E-state index contributed by atoms with van der Waals surface area (Å²) in [5.41, 5.74) is 0.668. The summed E-state index contributed by atoms with van der Waals surface area (Å²) in [7, 11) is -3.36. The van der Waals surface area contributed by atoms with Crippen molar-refractivity contribution in [1.82, 2.24) is 4.90 Å². The van der Waals surface area contributed by atoms with Crippen molar-refractivity contribution in [3.8, 4) is 0 Å². The zero-order chi connectivity index (χ0) is 21.3. The first-order chi connectivity index (χ1) is 13.6. The Bertz CT molecular complexity index is 1070. The van der Waals surface area contributed by atoms with E-state index in [1.165, 1.54) is 60.4 Å². The van der Waals surface area contributed by atoms with E-state index in [1.807, 2.05) is 0 Å². The van der Waals surface area contributed by atoms with Gasteiger partial charge in [-0.15, -0.1) is 0 Å². The number of nitrogens with zero attached hydrogens (tertiary/aromatic N) is 2. The fraction of sp³-hybridized carbons (Fsp3) is 0.211. The number of carbonyl (C=O) groups excluding carboxylic acids is 3. The van der Waals surface area contributed by atoms with Crippen LogP contribution in [0.4, 0.5) is 20.6 Å². The number of rotatable bonds is 5. The van der Waals surface area contributed by atoms with Crippen LogP contribution >= 0.6 is 0 Å². The molecule has 0 aliphatic carbocycles. The van der Waals surface area contributed by atoms with E-state index in [4.69, 9.17) is 0 Å². The Hall–Kier alpha value is -3.27. The van der Waals surface area contributed by atoms with Gasteiger partial charge in [0.2, 0.25) is 5.91 Å². The molecule has 0 radical (unpaired) electrons. The number of nitrogens with one attached hydrogen (secondary N) is 1. The maximum Gasteiger partial charge on any atom is 0.332 e. The molecule has 0 aromatic heterocycles. The highest BCUT2D eigenvalue weighted by Crippen LogP contribution is 2.26. The van der Waals surface area contributed by atoms with Crippen molar-refractivity contribution in [2.75, 3.05) is 23.0 Å². The van der Waals surface area contributed by atoms with Gasteiger partial charge >= 0.3 is 6.03 Å². The summed E-state index contributed by atoms with van der Waals surface area (Å²) in [6.07, 6.45) is 1.07. The van der Waals surface area contributed by atoms with Gasteiger partial charge in [-0.1, -0.05) is 0 Å². The molecule has 1 heterocycles. The molecule has 29 heavy (non-hydrogen) atoms. The average Bonchev–Trinajstić information content (AvgIpc) is 2.86. The third kappa shape index (κ3) is 4.27.